The monoisotopic (exact) mass is 365 g/mol. The highest BCUT2D eigenvalue weighted by Gasteiger charge is 2.18. The molecule has 28 heavy (non-hydrogen) atoms. The van der Waals surface area contributed by atoms with Crippen molar-refractivity contribution in [3.05, 3.63) is 97.1 Å². The number of aromatic amines is 1. The van der Waals surface area contributed by atoms with E-state index in [2.05, 4.69) is 28.2 Å². The van der Waals surface area contributed by atoms with Gasteiger partial charge in [0, 0.05) is 23.5 Å². The van der Waals surface area contributed by atoms with Gasteiger partial charge in [-0.05, 0) is 35.0 Å². The Morgan fingerprint density at radius 2 is 1.43 bits per heavy atom. The summed E-state index contributed by atoms with van der Waals surface area (Å²) in [5.41, 5.74) is 4.04. The Labute approximate surface area is 161 Å². The molecular formula is C24H16FN3. The first-order chi connectivity index (χ1) is 13.8. The van der Waals surface area contributed by atoms with Crippen LogP contribution < -0.4 is 0 Å². The lowest BCUT2D eigenvalue weighted by atomic mass is 9.99. The molecule has 4 heteroatoms. The van der Waals surface area contributed by atoms with Gasteiger partial charge in [0.25, 0.3) is 0 Å². The first kappa shape index (κ1) is 16.4. The van der Waals surface area contributed by atoms with E-state index in [1.54, 1.807) is 24.5 Å². The molecule has 0 aliphatic rings. The van der Waals surface area contributed by atoms with Crippen molar-refractivity contribution in [3.63, 3.8) is 0 Å². The van der Waals surface area contributed by atoms with Crippen LogP contribution in [0, 0.1) is 5.82 Å². The van der Waals surface area contributed by atoms with Gasteiger partial charge in [0.1, 0.15) is 11.6 Å². The first-order valence-electron chi connectivity index (χ1n) is 9.05. The molecular weight excluding hydrogens is 349 g/mol. The number of aromatic nitrogens is 3. The molecule has 1 N–H and O–H groups in total. The molecule has 0 aliphatic carbocycles. The van der Waals surface area contributed by atoms with Gasteiger partial charge >= 0.3 is 0 Å². The van der Waals surface area contributed by atoms with Crippen LogP contribution in [0.3, 0.4) is 0 Å². The lowest BCUT2D eigenvalue weighted by Crippen LogP contribution is -1.86. The second-order valence-electron chi connectivity index (χ2n) is 6.55. The second-order valence-corrected chi connectivity index (χ2v) is 6.55. The van der Waals surface area contributed by atoms with Crippen molar-refractivity contribution < 1.29 is 4.39 Å². The van der Waals surface area contributed by atoms with E-state index in [0.29, 0.717) is 11.4 Å². The minimum absolute atomic E-state index is 0.304. The maximum atomic E-state index is 14.4. The lowest BCUT2D eigenvalue weighted by Gasteiger charge is -2.07. The summed E-state index contributed by atoms with van der Waals surface area (Å²) in [4.78, 5) is 12.3. The fourth-order valence-corrected chi connectivity index (χ4v) is 3.51. The Kier molecular flexibility index (Phi) is 3.95. The predicted octanol–water partition coefficient (Wildman–Crippen LogP) is 6.10. The Morgan fingerprint density at radius 3 is 2.29 bits per heavy atom. The van der Waals surface area contributed by atoms with Gasteiger partial charge in [0.15, 0.2) is 0 Å². The van der Waals surface area contributed by atoms with Gasteiger partial charge in [-0.3, -0.25) is 4.98 Å². The van der Waals surface area contributed by atoms with Gasteiger partial charge in [-0.15, -0.1) is 0 Å². The van der Waals surface area contributed by atoms with E-state index in [0.717, 1.165) is 33.3 Å². The van der Waals surface area contributed by atoms with E-state index in [4.69, 9.17) is 4.98 Å². The molecule has 134 valence electrons. The fraction of sp³-hybridized carbons (Fsp3) is 0. The summed E-state index contributed by atoms with van der Waals surface area (Å²) in [5.74, 6) is 0.204. The molecule has 0 saturated carbocycles. The van der Waals surface area contributed by atoms with E-state index >= 15 is 0 Å². The number of fused-ring (bicyclic) bond motifs is 1. The summed E-state index contributed by atoms with van der Waals surface area (Å²) < 4.78 is 14.4. The molecule has 0 unspecified atom stereocenters. The molecule has 0 spiro atoms. The van der Waals surface area contributed by atoms with Crippen LogP contribution >= 0.6 is 0 Å². The Bertz CT molecular complexity index is 1270. The maximum Gasteiger partial charge on any atom is 0.141 e. The van der Waals surface area contributed by atoms with Gasteiger partial charge in [-0.2, -0.15) is 0 Å². The molecule has 0 amide bonds. The highest BCUT2D eigenvalue weighted by molar-refractivity contribution is 5.99. The van der Waals surface area contributed by atoms with Crippen molar-refractivity contribution >= 4 is 10.8 Å². The summed E-state index contributed by atoms with van der Waals surface area (Å²) >= 11 is 0. The average Bonchev–Trinajstić information content (AvgIpc) is 3.19. The Balaban J connectivity index is 1.80. The zero-order chi connectivity index (χ0) is 18.9. The molecule has 2 heterocycles. The normalized spacial score (nSPS) is 11.0. The largest absolute Gasteiger partial charge is 0.337 e. The van der Waals surface area contributed by atoms with Crippen molar-refractivity contribution in [3.8, 4) is 33.9 Å². The maximum absolute atomic E-state index is 14.4. The van der Waals surface area contributed by atoms with Gasteiger partial charge < -0.3 is 4.98 Å². The van der Waals surface area contributed by atoms with E-state index in [1.165, 1.54) is 6.07 Å². The summed E-state index contributed by atoms with van der Waals surface area (Å²) in [5, 5.41) is 2.24. The predicted molar refractivity (Wildman–Crippen MR) is 110 cm³/mol. The smallest absolute Gasteiger partial charge is 0.141 e. The third-order valence-corrected chi connectivity index (χ3v) is 4.85. The number of halogens is 1. The molecule has 5 rings (SSSR count). The molecule has 0 fully saturated rings. The topological polar surface area (TPSA) is 41.6 Å². The zero-order valence-corrected chi connectivity index (χ0v) is 14.9. The second kappa shape index (κ2) is 6.74. The minimum Gasteiger partial charge on any atom is -0.337 e. The highest BCUT2D eigenvalue weighted by atomic mass is 19.1. The number of hydrogen-bond acceptors (Lipinski definition) is 2. The van der Waals surface area contributed by atoms with Crippen molar-refractivity contribution in [1.82, 2.24) is 15.0 Å². The van der Waals surface area contributed by atoms with Crippen LogP contribution in [0.1, 0.15) is 0 Å². The molecule has 0 radical (unpaired) electrons. The summed E-state index contributed by atoms with van der Waals surface area (Å²) in [6.07, 6.45) is 3.48. The van der Waals surface area contributed by atoms with Crippen molar-refractivity contribution in [2.45, 2.75) is 0 Å². The average molecular weight is 365 g/mol. The van der Waals surface area contributed by atoms with Crippen molar-refractivity contribution in [2.75, 3.05) is 0 Å². The molecule has 3 aromatic carbocycles. The number of rotatable bonds is 3. The van der Waals surface area contributed by atoms with Crippen LogP contribution in [0.4, 0.5) is 4.39 Å². The summed E-state index contributed by atoms with van der Waals surface area (Å²) in [7, 11) is 0. The van der Waals surface area contributed by atoms with Crippen LogP contribution in [0.5, 0.6) is 0 Å². The molecule has 0 atom stereocenters. The number of pyridine rings is 1. The number of hydrogen-bond donors (Lipinski definition) is 1. The van der Waals surface area contributed by atoms with E-state index < -0.39 is 0 Å². The number of benzene rings is 3. The van der Waals surface area contributed by atoms with Gasteiger partial charge in [0.2, 0.25) is 0 Å². The fourth-order valence-electron chi connectivity index (χ4n) is 3.51. The summed E-state index contributed by atoms with van der Waals surface area (Å²) in [6, 6.07) is 24.9. The van der Waals surface area contributed by atoms with Crippen LogP contribution in [0.15, 0.2) is 91.3 Å². The molecule has 2 aromatic heterocycles. The van der Waals surface area contributed by atoms with Crippen LogP contribution in [0.2, 0.25) is 0 Å². The van der Waals surface area contributed by atoms with Crippen LogP contribution in [-0.2, 0) is 0 Å². The number of nitrogens with one attached hydrogen (secondary N) is 1. The van der Waals surface area contributed by atoms with E-state index in [-0.39, 0.29) is 5.82 Å². The first-order valence-corrected chi connectivity index (χ1v) is 9.05. The molecule has 0 aliphatic heterocycles. The molecule has 3 nitrogen and oxygen atoms in total. The number of nitrogens with zero attached hydrogens (tertiary/aromatic N) is 2. The Morgan fingerprint density at radius 1 is 0.714 bits per heavy atom. The van der Waals surface area contributed by atoms with Gasteiger partial charge in [-0.25, -0.2) is 9.37 Å². The van der Waals surface area contributed by atoms with Crippen molar-refractivity contribution in [2.24, 2.45) is 0 Å². The van der Waals surface area contributed by atoms with Gasteiger partial charge in [-0.1, -0.05) is 54.6 Å². The lowest BCUT2D eigenvalue weighted by molar-refractivity contribution is 0.630. The van der Waals surface area contributed by atoms with Crippen LogP contribution in [-0.4, -0.2) is 15.0 Å². The SMILES string of the molecule is Fc1ccccc1-c1nc(-c2cccc3ccccc23)c(-c2ccncc2)[nH]1. The third-order valence-electron chi connectivity index (χ3n) is 4.85. The van der Waals surface area contributed by atoms with Crippen LogP contribution in [0.25, 0.3) is 44.7 Å². The van der Waals surface area contributed by atoms with Crippen molar-refractivity contribution in [1.29, 1.82) is 0 Å². The number of H-pyrrole nitrogens is 1. The molecule has 5 aromatic rings. The van der Waals surface area contributed by atoms with Gasteiger partial charge in [0.05, 0.1) is 17.0 Å². The third kappa shape index (κ3) is 2.76. The Hall–Kier alpha value is -3.79. The molecule has 0 saturated heterocycles. The minimum atomic E-state index is -0.304. The molecule has 0 bridgehead atoms. The summed E-state index contributed by atoms with van der Waals surface area (Å²) in [6.45, 7) is 0. The number of imidazole rings is 1. The van der Waals surface area contributed by atoms with E-state index in [9.17, 15) is 4.39 Å². The standard InChI is InChI=1S/C24H16FN3/c25-21-11-4-3-9-20(21)24-27-22(17-12-14-26-15-13-17)23(28-24)19-10-5-7-16-6-1-2-8-18(16)19/h1-15H,(H,27,28). The zero-order valence-electron chi connectivity index (χ0n) is 14.9. The van der Waals surface area contributed by atoms with E-state index in [1.807, 2.05) is 42.5 Å². The quantitative estimate of drug-likeness (QED) is 0.420. The highest BCUT2D eigenvalue weighted by Crippen LogP contribution is 2.36.